The normalized spacial score (nSPS) is 12.4. The second-order valence-corrected chi connectivity index (χ2v) is 5.33. The zero-order chi connectivity index (χ0) is 13.7. The number of rotatable bonds is 5. The lowest BCUT2D eigenvalue weighted by Gasteiger charge is -2.16. The van der Waals surface area contributed by atoms with Crippen LogP contribution in [0.5, 0.6) is 0 Å². The van der Waals surface area contributed by atoms with Gasteiger partial charge in [0.2, 0.25) is 0 Å². The number of nitrogens with zero attached hydrogens (tertiary/aromatic N) is 1. The van der Waals surface area contributed by atoms with Gasteiger partial charge in [0.05, 0.1) is 0 Å². The molecule has 1 aromatic heterocycles. The Morgan fingerprint density at radius 3 is 2.68 bits per heavy atom. The van der Waals surface area contributed by atoms with Gasteiger partial charge in [-0.05, 0) is 48.2 Å². The van der Waals surface area contributed by atoms with E-state index < -0.39 is 0 Å². The summed E-state index contributed by atoms with van der Waals surface area (Å²) >= 11 is 3.29. The minimum atomic E-state index is -0.249. The maximum Gasteiger partial charge on any atom is 0.124 e. The van der Waals surface area contributed by atoms with Crippen LogP contribution in [0.4, 0.5) is 4.39 Å². The molecule has 1 atom stereocenters. The number of halogens is 2. The van der Waals surface area contributed by atoms with E-state index in [-0.39, 0.29) is 11.9 Å². The summed E-state index contributed by atoms with van der Waals surface area (Å²) in [5.74, 6) is 5.32. The Balaban J connectivity index is 2.06. The summed E-state index contributed by atoms with van der Waals surface area (Å²) in [7, 11) is 0. The third-order valence-corrected chi connectivity index (χ3v) is 3.30. The van der Waals surface area contributed by atoms with E-state index in [0.717, 1.165) is 22.0 Å². The molecule has 0 saturated carbocycles. The molecule has 0 aliphatic heterocycles. The van der Waals surface area contributed by atoms with Crippen molar-refractivity contribution in [1.82, 2.24) is 10.4 Å². The molecule has 0 aliphatic rings. The standard InChI is InChI=1S/C14H15BrFN3/c15-12-4-11(5-13(16)8-12)7-14(19-17)6-10-2-1-3-18-9-10/h1-5,8-9,14,19H,6-7,17H2. The average Bonchev–Trinajstić information content (AvgIpc) is 2.38. The predicted octanol–water partition coefficient (Wildman–Crippen LogP) is 2.60. The van der Waals surface area contributed by atoms with Crippen molar-refractivity contribution in [2.24, 2.45) is 5.84 Å². The van der Waals surface area contributed by atoms with E-state index in [2.05, 4.69) is 26.3 Å². The largest absolute Gasteiger partial charge is 0.271 e. The van der Waals surface area contributed by atoms with Gasteiger partial charge in [0.25, 0.3) is 0 Å². The lowest BCUT2D eigenvalue weighted by molar-refractivity contribution is 0.520. The molecule has 1 unspecified atom stereocenters. The maximum atomic E-state index is 13.3. The van der Waals surface area contributed by atoms with Crippen LogP contribution < -0.4 is 11.3 Å². The van der Waals surface area contributed by atoms with Crippen molar-refractivity contribution in [2.45, 2.75) is 18.9 Å². The molecule has 0 radical (unpaired) electrons. The van der Waals surface area contributed by atoms with E-state index in [1.807, 2.05) is 24.4 Å². The van der Waals surface area contributed by atoms with Crippen molar-refractivity contribution in [1.29, 1.82) is 0 Å². The van der Waals surface area contributed by atoms with E-state index in [9.17, 15) is 4.39 Å². The SMILES string of the molecule is NNC(Cc1cccnc1)Cc1cc(F)cc(Br)c1. The van der Waals surface area contributed by atoms with E-state index in [0.29, 0.717) is 6.42 Å². The van der Waals surface area contributed by atoms with Crippen LogP contribution in [0.3, 0.4) is 0 Å². The van der Waals surface area contributed by atoms with Crippen LogP contribution in [-0.2, 0) is 12.8 Å². The highest BCUT2D eigenvalue weighted by Gasteiger charge is 2.10. The van der Waals surface area contributed by atoms with Gasteiger partial charge in [0, 0.05) is 22.9 Å². The van der Waals surface area contributed by atoms with Gasteiger partial charge in [0.15, 0.2) is 0 Å². The van der Waals surface area contributed by atoms with Gasteiger partial charge in [-0.15, -0.1) is 0 Å². The number of benzene rings is 1. The van der Waals surface area contributed by atoms with Crippen LogP contribution in [0, 0.1) is 5.82 Å². The molecule has 2 aromatic rings. The number of hydrogen-bond acceptors (Lipinski definition) is 3. The molecule has 0 saturated heterocycles. The Morgan fingerprint density at radius 1 is 1.26 bits per heavy atom. The van der Waals surface area contributed by atoms with E-state index in [1.54, 1.807) is 6.20 Å². The second-order valence-electron chi connectivity index (χ2n) is 4.41. The highest BCUT2D eigenvalue weighted by molar-refractivity contribution is 9.10. The molecular formula is C14H15BrFN3. The molecule has 2 rings (SSSR count). The smallest absolute Gasteiger partial charge is 0.124 e. The lowest BCUT2D eigenvalue weighted by Crippen LogP contribution is -2.38. The van der Waals surface area contributed by atoms with Gasteiger partial charge >= 0.3 is 0 Å². The van der Waals surface area contributed by atoms with Crippen molar-refractivity contribution < 1.29 is 4.39 Å². The summed E-state index contributed by atoms with van der Waals surface area (Å²) < 4.78 is 14.1. The summed E-state index contributed by atoms with van der Waals surface area (Å²) in [6.07, 6.45) is 4.95. The second kappa shape index (κ2) is 6.75. The molecule has 0 fully saturated rings. The average molecular weight is 324 g/mol. The molecule has 1 heterocycles. The van der Waals surface area contributed by atoms with Gasteiger partial charge in [-0.1, -0.05) is 22.0 Å². The summed E-state index contributed by atoms with van der Waals surface area (Å²) in [5.41, 5.74) is 4.77. The van der Waals surface area contributed by atoms with Crippen LogP contribution in [0.25, 0.3) is 0 Å². The van der Waals surface area contributed by atoms with Crippen molar-refractivity contribution >= 4 is 15.9 Å². The van der Waals surface area contributed by atoms with Crippen molar-refractivity contribution in [3.8, 4) is 0 Å². The summed E-state index contributed by atoms with van der Waals surface area (Å²) in [5, 5.41) is 0. The van der Waals surface area contributed by atoms with Gasteiger partial charge < -0.3 is 0 Å². The molecule has 0 spiro atoms. The number of nitrogens with two attached hydrogens (primary N) is 1. The van der Waals surface area contributed by atoms with Crippen LogP contribution >= 0.6 is 15.9 Å². The first kappa shape index (κ1) is 14.1. The third-order valence-electron chi connectivity index (χ3n) is 2.85. The Kier molecular flexibility index (Phi) is 5.01. The van der Waals surface area contributed by atoms with Gasteiger partial charge in [0.1, 0.15) is 5.82 Å². The van der Waals surface area contributed by atoms with Crippen LogP contribution in [0.2, 0.25) is 0 Å². The first-order valence-corrected chi connectivity index (χ1v) is 6.76. The number of hydrazine groups is 1. The molecule has 3 nitrogen and oxygen atoms in total. The zero-order valence-corrected chi connectivity index (χ0v) is 11.9. The Hall–Kier alpha value is -1.30. The van der Waals surface area contributed by atoms with E-state index in [4.69, 9.17) is 5.84 Å². The molecule has 0 aliphatic carbocycles. The molecule has 100 valence electrons. The fourth-order valence-electron chi connectivity index (χ4n) is 2.01. The molecule has 0 bridgehead atoms. The zero-order valence-electron chi connectivity index (χ0n) is 10.3. The first-order valence-electron chi connectivity index (χ1n) is 5.97. The van der Waals surface area contributed by atoms with Crippen molar-refractivity contribution in [3.05, 3.63) is 64.1 Å². The fraction of sp³-hybridized carbons (Fsp3) is 0.214. The monoisotopic (exact) mass is 323 g/mol. The number of pyridine rings is 1. The summed E-state index contributed by atoms with van der Waals surface area (Å²) in [6.45, 7) is 0. The minimum Gasteiger partial charge on any atom is -0.271 e. The number of nitrogens with one attached hydrogen (secondary N) is 1. The van der Waals surface area contributed by atoms with Gasteiger partial charge in [-0.2, -0.15) is 0 Å². The van der Waals surface area contributed by atoms with Crippen LogP contribution in [0.1, 0.15) is 11.1 Å². The van der Waals surface area contributed by atoms with Crippen LogP contribution in [-0.4, -0.2) is 11.0 Å². The lowest BCUT2D eigenvalue weighted by atomic mass is 10.0. The topological polar surface area (TPSA) is 50.9 Å². The minimum absolute atomic E-state index is 0.0397. The number of aromatic nitrogens is 1. The summed E-state index contributed by atoms with van der Waals surface area (Å²) in [6, 6.07) is 8.79. The molecule has 5 heteroatoms. The first-order chi connectivity index (χ1) is 9.17. The predicted molar refractivity (Wildman–Crippen MR) is 76.9 cm³/mol. The van der Waals surface area contributed by atoms with Crippen LogP contribution in [0.15, 0.2) is 47.2 Å². The Bertz CT molecular complexity index is 513. The van der Waals surface area contributed by atoms with Crippen molar-refractivity contribution in [3.63, 3.8) is 0 Å². The quantitative estimate of drug-likeness (QED) is 0.657. The fourth-order valence-corrected chi connectivity index (χ4v) is 2.52. The highest BCUT2D eigenvalue weighted by Crippen LogP contribution is 2.17. The van der Waals surface area contributed by atoms with Gasteiger partial charge in [-0.25, -0.2) is 4.39 Å². The molecule has 1 aromatic carbocycles. The third kappa shape index (κ3) is 4.38. The van der Waals surface area contributed by atoms with E-state index >= 15 is 0 Å². The molecule has 0 amide bonds. The van der Waals surface area contributed by atoms with Gasteiger partial charge in [-0.3, -0.25) is 16.3 Å². The van der Waals surface area contributed by atoms with E-state index in [1.165, 1.54) is 12.1 Å². The Morgan fingerprint density at radius 2 is 2.05 bits per heavy atom. The molecule has 3 N–H and O–H groups in total. The molecule has 19 heavy (non-hydrogen) atoms. The summed E-state index contributed by atoms with van der Waals surface area (Å²) in [4.78, 5) is 4.07. The Labute approximate surface area is 120 Å². The molecular weight excluding hydrogens is 309 g/mol. The highest BCUT2D eigenvalue weighted by atomic mass is 79.9. The maximum absolute atomic E-state index is 13.3. The van der Waals surface area contributed by atoms with Crippen molar-refractivity contribution in [2.75, 3.05) is 0 Å². The number of hydrogen-bond donors (Lipinski definition) is 2.